The summed E-state index contributed by atoms with van der Waals surface area (Å²) in [5, 5.41) is 0. The Balaban J connectivity index is 2.22. The lowest BCUT2D eigenvalue weighted by atomic mass is 10.1. The van der Waals surface area contributed by atoms with Gasteiger partial charge in [-0.3, -0.25) is 0 Å². The van der Waals surface area contributed by atoms with Gasteiger partial charge in [-0.2, -0.15) is 0 Å². The minimum Gasteiger partial charge on any atom is -0.329 e. The number of nitrogens with zero attached hydrogens (tertiary/aromatic N) is 1. The van der Waals surface area contributed by atoms with Crippen LogP contribution < -0.4 is 5.73 Å². The molecule has 0 aliphatic rings. The number of nitrogens with two attached hydrogens (primary N) is 1. The predicted octanol–water partition coefficient (Wildman–Crippen LogP) is 2.29. The topological polar surface area (TPSA) is 29.3 Å². The first-order valence-electron chi connectivity index (χ1n) is 6.33. The van der Waals surface area contributed by atoms with Crippen LogP contribution in [0.1, 0.15) is 25.3 Å². The van der Waals surface area contributed by atoms with Crippen LogP contribution in [-0.2, 0) is 6.42 Å². The zero-order valence-corrected chi connectivity index (χ0v) is 10.4. The molecule has 0 unspecified atom stereocenters. The number of rotatable bonds is 8. The maximum absolute atomic E-state index is 5.60. The summed E-state index contributed by atoms with van der Waals surface area (Å²) < 4.78 is 0. The van der Waals surface area contributed by atoms with Gasteiger partial charge in [0.15, 0.2) is 0 Å². The van der Waals surface area contributed by atoms with Gasteiger partial charge in [-0.25, -0.2) is 0 Å². The Kier molecular flexibility index (Phi) is 6.86. The Labute approximate surface area is 99.5 Å². The van der Waals surface area contributed by atoms with Gasteiger partial charge < -0.3 is 10.6 Å². The second kappa shape index (κ2) is 8.31. The van der Waals surface area contributed by atoms with Crippen molar-refractivity contribution in [2.75, 3.05) is 26.2 Å². The Morgan fingerprint density at radius 3 is 2.44 bits per heavy atom. The highest BCUT2D eigenvalue weighted by atomic mass is 15.1. The third kappa shape index (κ3) is 5.29. The molecule has 0 aromatic heterocycles. The van der Waals surface area contributed by atoms with Crippen molar-refractivity contribution in [2.45, 2.75) is 26.2 Å². The molecule has 0 saturated carbocycles. The number of hydrogen-bond donors (Lipinski definition) is 1. The summed E-state index contributed by atoms with van der Waals surface area (Å²) in [6.07, 6.45) is 3.61. The molecule has 0 spiro atoms. The minimum atomic E-state index is 0.769. The van der Waals surface area contributed by atoms with Crippen LogP contribution in [0.2, 0.25) is 0 Å². The Morgan fingerprint density at radius 1 is 1.06 bits per heavy atom. The van der Waals surface area contributed by atoms with E-state index in [4.69, 9.17) is 5.73 Å². The fourth-order valence-electron chi connectivity index (χ4n) is 1.99. The lowest BCUT2D eigenvalue weighted by molar-refractivity contribution is 0.278. The van der Waals surface area contributed by atoms with Crippen molar-refractivity contribution in [1.82, 2.24) is 4.90 Å². The second-order valence-corrected chi connectivity index (χ2v) is 4.22. The van der Waals surface area contributed by atoms with E-state index in [1.165, 1.54) is 37.9 Å². The average Bonchev–Trinajstić information content (AvgIpc) is 2.31. The summed E-state index contributed by atoms with van der Waals surface area (Å²) in [6.45, 7) is 6.36. The first-order valence-corrected chi connectivity index (χ1v) is 6.33. The van der Waals surface area contributed by atoms with E-state index in [0.717, 1.165) is 13.1 Å². The molecule has 0 saturated heterocycles. The van der Waals surface area contributed by atoms with E-state index in [2.05, 4.69) is 42.2 Å². The Morgan fingerprint density at radius 2 is 1.81 bits per heavy atom. The van der Waals surface area contributed by atoms with Crippen LogP contribution in [0.4, 0.5) is 0 Å². The van der Waals surface area contributed by atoms with Crippen LogP contribution in [0, 0.1) is 0 Å². The van der Waals surface area contributed by atoms with Crippen LogP contribution in [-0.4, -0.2) is 31.1 Å². The molecule has 1 aromatic rings. The molecule has 16 heavy (non-hydrogen) atoms. The first-order chi connectivity index (χ1) is 7.86. The van der Waals surface area contributed by atoms with Gasteiger partial charge in [-0.1, -0.05) is 37.3 Å². The molecule has 1 rings (SSSR count). The average molecular weight is 220 g/mol. The zero-order chi connectivity index (χ0) is 11.6. The smallest absolute Gasteiger partial charge is 0.0105 e. The SMILES string of the molecule is CCCN(CCN)CCCc1ccccc1. The van der Waals surface area contributed by atoms with Crippen molar-refractivity contribution in [3.63, 3.8) is 0 Å². The van der Waals surface area contributed by atoms with Gasteiger partial charge in [0.1, 0.15) is 0 Å². The van der Waals surface area contributed by atoms with E-state index in [9.17, 15) is 0 Å². The quantitative estimate of drug-likeness (QED) is 0.728. The van der Waals surface area contributed by atoms with E-state index in [1.807, 2.05) is 0 Å². The van der Waals surface area contributed by atoms with Gasteiger partial charge in [0, 0.05) is 13.1 Å². The lowest BCUT2D eigenvalue weighted by Crippen LogP contribution is -2.31. The van der Waals surface area contributed by atoms with Gasteiger partial charge in [-0.05, 0) is 37.9 Å². The molecule has 0 atom stereocenters. The van der Waals surface area contributed by atoms with Crippen LogP contribution in [0.15, 0.2) is 30.3 Å². The van der Waals surface area contributed by atoms with Crippen molar-refractivity contribution in [1.29, 1.82) is 0 Å². The van der Waals surface area contributed by atoms with Crippen molar-refractivity contribution in [3.05, 3.63) is 35.9 Å². The standard InChI is InChI=1S/C14H24N2/c1-2-11-16(13-10-15)12-6-9-14-7-4-3-5-8-14/h3-5,7-8H,2,6,9-13,15H2,1H3. The monoisotopic (exact) mass is 220 g/mol. The van der Waals surface area contributed by atoms with Gasteiger partial charge in [-0.15, -0.1) is 0 Å². The van der Waals surface area contributed by atoms with Gasteiger partial charge >= 0.3 is 0 Å². The fourth-order valence-corrected chi connectivity index (χ4v) is 1.99. The van der Waals surface area contributed by atoms with Crippen molar-refractivity contribution >= 4 is 0 Å². The molecule has 0 amide bonds. The highest BCUT2D eigenvalue weighted by molar-refractivity contribution is 5.14. The molecule has 0 heterocycles. The summed E-state index contributed by atoms with van der Waals surface area (Å²) in [4.78, 5) is 2.46. The summed E-state index contributed by atoms with van der Waals surface area (Å²) >= 11 is 0. The summed E-state index contributed by atoms with van der Waals surface area (Å²) in [5.41, 5.74) is 7.04. The number of benzene rings is 1. The predicted molar refractivity (Wildman–Crippen MR) is 70.5 cm³/mol. The number of aryl methyl sites for hydroxylation is 1. The van der Waals surface area contributed by atoms with Crippen molar-refractivity contribution < 1.29 is 0 Å². The third-order valence-corrected chi connectivity index (χ3v) is 2.77. The maximum Gasteiger partial charge on any atom is 0.0105 e. The fraction of sp³-hybridized carbons (Fsp3) is 0.571. The Hall–Kier alpha value is -0.860. The highest BCUT2D eigenvalue weighted by Gasteiger charge is 2.01. The third-order valence-electron chi connectivity index (χ3n) is 2.77. The molecule has 2 N–H and O–H groups in total. The molecule has 0 fully saturated rings. The molecule has 2 heteroatoms. The van der Waals surface area contributed by atoms with E-state index in [0.29, 0.717) is 0 Å². The first kappa shape index (κ1) is 13.2. The maximum atomic E-state index is 5.60. The van der Waals surface area contributed by atoms with Crippen molar-refractivity contribution in [2.24, 2.45) is 5.73 Å². The summed E-state index contributed by atoms with van der Waals surface area (Å²) in [5.74, 6) is 0. The van der Waals surface area contributed by atoms with E-state index < -0.39 is 0 Å². The molecule has 0 bridgehead atoms. The zero-order valence-electron chi connectivity index (χ0n) is 10.4. The molecular formula is C14H24N2. The molecule has 1 aromatic carbocycles. The van der Waals surface area contributed by atoms with E-state index >= 15 is 0 Å². The molecule has 2 nitrogen and oxygen atoms in total. The van der Waals surface area contributed by atoms with Crippen LogP contribution in [0.3, 0.4) is 0 Å². The molecule has 0 aliphatic heterocycles. The molecule has 0 aliphatic carbocycles. The lowest BCUT2D eigenvalue weighted by Gasteiger charge is -2.20. The van der Waals surface area contributed by atoms with Crippen LogP contribution >= 0.6 is 0 Å². The van der Waals surface area contributed by atoms with Gasteiger partial charge in [0.05, 0.1) is 0 Å². The van der Waals surface area contributed by atoms with Crippen molar-refractivity contribution in [3.8, 4) is 0 Å². The summed E-state index contributed by atoms with van der Waals surface area (Å²) in [6, 6.07) is 10.7. The summed E-state index contributed by atoms with van der Waals surface area (Å²) in [7, 11) is 0. The molecule has 90 valence electrons. The van der Waals surface area contributed by atoms with Crippen LogP contribution in [0.5, 0.6) is 0 Å². The highest BCUT2D eigenvalue weighted by Crippen LogP contribution is 2.03. The number of hydrogen-bond acceptors (Lipinski definition) is 2. The molecule has 0 radical (unpaired) electrons. The Bertz CT molecular complexity index is 253. The molecular weight excluding hydrogens is 196 g/mol. The largest absolute Gasteiger partial charge is 0.329 e. The van der Waals surface area contributed by atoms with Crippen LogP contribution in [0.25, 0.3) is 0 Å². The normalized spacial score (nSPS) is 10.9. The minimum absolute atomic E-state index is 0.769. The van der Waals surface area contributed by atoms with E-state index in [-0.39, 0.29) is 0 Å². The second-order valence-electron chi connectivity index (χ2n) is 4.22. The van der Waals surface area contributed by atoms with Gasteiger partial charge in [0.2, 0.25) is 0 Å². The van der Waals surface area contributed by atoms with E-state index in [1.54, 1.807) is 0 Å². The van der Waals surface area contributed by atoms with Gasteiger partial charge in [0.25, 0.3) is 0 Å².